The van der Waals surface area contributed by atoms with Crippen LogP contribution < -0.4 is 0 Å². The molecule has 0 aromatic heterocycles. The van der Waals surface area contributed by atoms with E-state index in [2.05, 4.69) is 16.3 Å². The summed E-state index contributed by atoms with van der Waals surface area (Å²) < 4.78 is 0. The zero-order valence-corrected chi connectivity index (χ0v) is 4.49. The Labute approximate surface area is 45.4 Å². The lowest BCUT2D eigenvalue weighted by molar-refractivity contribution is 0.474. The molecule has 1 N–H and O–H groups in total. The summed E-state index contributed by atoms with van der Waals surface area (Å²) >= 11 is 2.39. The monoisotopic (exact) mass is 96.0 g/mol. The smallest absolute Gasteiger partial charge is 0.162 e. The molecular weight excluding hydrogens is 91.0 g/mol. The molecular formula is C4H5AlO. The molecule has 0 rings (SSSR count). The first kappa shape index (κ1) is 5.81. The van der Waals surface area contributed by atoms with Gasteiger partial charge >= 0.3 is 0 Å². The Bertz CT molecular complexity index is 55.9. The van der Waals surface area contributed by atoms with Gasteiger partial charge in [-0.3, -0.25) is 0 Å². The van der Waals surface area contributed by atoms with E-state index in [1.165, 1.54) is 6.08 Å². The van der Waals surface area contributed by atoms with Crippen LogP contribution in [0.4, 0.5) is 0 Å². The highest BCUT2D eigenvalue weighted by molar-refractivity contribution is 6.17. The molecule has 0 atom stereocenters. The minimum absolute atomic E-state index is 0.987. The van der Waals surface area contributed by atoms with E-state index in [-0.39, 0.29) is 0 Å². The summed E-state index contributed by atoms with van der Waals surface area (Å²) in [6, 6.07) is 0. The van der Waals surface area contributed by atoms with Gasteiger partial charge in [0.25, 0.3) is 0 Å². The third-order valence-corrected chi connectivity index (χ3v) is 0.531. The summed E-state index contributed by atoms with van der Waals surface area (Å²) in [5, 5.41) is 7.96. The van der Waals surface area contributed by atoms with Crippen LogP contribution in [0, 0.1) is 0 Å². The van der Waals surface area contributed by atoms with Gasteiger partial charge in [0, 0.05) is 0 Å². The van der Waals surface area contributed by atoms with E-state index >= 15 is 0 Å². The molecule has 30 valence electrons. The van der Waals surface area contributed by atoms with Crippen LogP contribution in [0.3, 0.4) is 0 Å². The number of allylic oxidation sites excluding steroid dienone is 2. The van der Waals surface area contributed by atoms with Crippen molar-refractivity contribution in [2.45, 2.75) is 0 Å². The van der Waals surface area contributed by atoms with Crippen molar-refractivity contribution in [3.05, 3.63) is 23.4 Å². The summed E-state index contributed by atoms with van der Waals surface area (Å²) in [5.74, 6) is 0. The van der Waals surface area contributed by atoms with Crippen molar-refractivity contribution >= 4 is 16.3 Å². The lowest BCUT2D eigenvalue weighted by atomic mass is 10.6. The van der Waals surface area contributed by atoms with Gasteiger partial charge in [-0.05, 0) is 6.08 Å². The third kappa shape index (κ3) is 3.81. The first-order valence-corrected chi connectivity index (χ1v) is 2.26. The standard InChI is InChI=1S/C4H5O.Al/c1-2-3-4-5;/h1-5H;. The lowest BCUT2D eigenvalue weighted by Gasteiger charge is -1.63. The fourth-order valence-electron chi connectivity index (χ4n) is 0.114. The van der Waals surface area contributed by atoms with E-state index < -0.39 is 0 Å². The molecule has 0 fully saturated rings. The van der Waals surface area contributed by atoms with E-state index in [0.717, 1.165) is 6.26 Å². The van der Waals surface area contributed by atoms with Crippen molar-refractivity contribution in [2.75, 3.05) is 0 Å². The molecule has 0 heterocycles. The SMILES string of the molecule is OC=CC=[CH][Al]. The molecule has 0 saturated carbocycles. The minimum Gasteiger partial charge on any atom is -0.516 e. The van der Waals surface area contributed by atoms with Crippen LogP contribution >= 0.6 is 0 Å². The maximum Gasteiger partial charge on any atom is 0.162 e. The van der Waals surface area contributed by atoms with Gasteiger partial charge in [-0.1, -0.05) is 6.08 Å². The highest BCUT2D eigenvalue weighted by Gasteiger charge is 1.49. The first-order chi connectivity index (χ1) is 2.91. The number of rotatable bonds is 1. The summed E-state index contributed by atoms with van der Waals surface area (Å²) in [5.41, 5.74) is 0. The number of aliphatic hydroxyl groups excluding tert-OH is 1. The fraction of sp³-hybridized carbons (Fsp3) is 0. The van der Waals surface area contributed by atoms with E-state index in [0.29, 0.717) is 0 Å². The number of hydrogen-bond acceptors (Lipinski definition) is 1. The Morgan fingerprint density at radius 3 is 2.17 bits per heavy atom. The Morgan fingerprint density at radius 1 is 1.33 bits per heavy atom. The van der Waals surface area contributed by atoms with Crippen molar-refractivity contribution in [1.82, 2.24) is 0 Å². The summed E-state index contributed by atoms with van der Waals surface area (Å²) in [6.45, 7) is 0. The molecule has 0 spiro atoms. The third-order valence-electron chi connectivity index (χ3n) is 0.308. The molecule has 0 aromatic carbocycles. The predicted octanol–water partition coefficient (Wildman–Crippen LogP) is 0.740. The maximum absolute atomic E-state index is 7.96. The molecule has 2 heteroatoms. The zero-order valence-electron chi connectivity index (χ0n) is 3.33. The predicted molar refractivity (Wildman–Crippen MR) is 26.7 cm³/mol. The Morgan fingerprint density at radius 2 is 2.00 bits per heavy atom. The molecule has 0 aliphatic heterocycles. The van der Waals surface area contributed by atoms with Crippen LogP contribution in [-0.4, -0.2) is 21.4 Å². The van der Waals surface area contributed by atoms with Crippen molar-refractivity contribution in [3.63, 3.8) is 0 Å². The second-order valence-electron chi connectivity index (χ2n) is 0.726. The molecule has 0 bridgehead atoms. The summed E-state index contributed by atoms with van der Waals surface area (Å²) in [4.78, 5) is 1.76. The first-order valence-electron chi connectivity index (χ1n) is 1.59. The van der Waals surface area contributed by atoms with Crippen molar-refractivity contribution in [3.8, 4) is 0 Å². The van der Waals surface area contributed by atoms with Crippen LogP contribution in [0.25, 0.3) is 0 Å². The van der Waals surface area contributed by atoms with Crippen LogP contribution in [0.5, 0.6) is 0 Å². The van der Waals surface area contributed by atoms with E-state index in [4.69, 9.17) is 5.11 Å². The second-order valence-corrected chi connectivity index (χ2v) is 1.11. The molecule has 6 heavy (non-hydrogen) atoms. The Kier molecular flexibility index (Phi) is 4.66. The molecule has 0 aliphatic rings. The zero-order chi connectivity index (χ0) is 4.83. The molecule has 1 nitrogen and oxygen atoms in total. The van der Waals surface area contributed by atoms with Gasteiger partial charge in [-0.2, -0.15) is 4.94 Å². The average Bonchev–Trinajstić information content (AvgIpc) is 1.61. The Balaban J connectivity index is 3.07. The highest BCUT2D eigenvalue weighted by Crippen LogP contribution is 1.66. The van der Waals surface area contributed by atoms with Gasteiger partial charge < -0.3 is 5.11 Å². The summed E-state index contributed by atoms with van der Waals surface area (Å²) in [6.07, 6.45) is 4.23. The molecule has 0 aromatic rings. The summed E-state index contributed by atoms with van der Waals surface area (Å²) in [7, 11) is 0. The lowest BCUT2D eigenvalue weighted by Crippen LogP contribution is -1.49. The topological polar surface area (TPSA) is 20.2 Å². The molecule has 0 saturated heterocycles. The van der Waals surface area contributed by atoms with Gasteiger partial charge in [-0.25, -0.2) is 0 Å². The molecule has 2 radical (unpaired) electrons. The fourth-order valence-corrected chi connectivity index (χ4v) is 0.242. The molecule has 0 unspecified atom stereocenters. The van der Waals surface area contributed by atoms with E-state index in [1.807, 2.05) is 0 Å². The van der Waals surface area contributed by atoms with Gasteiger partial charge in [0.1, 0.15) is 0 Å². The largest absolute Gasteiger partial charge is 0.516 e. The minimum atomic E-state index is 0.987. The molecule has 0 amide bonds. The average molecular weight is 96.1 g/mol. The van der Waals surface area contributed by atoms with E-state index in [9.17, 15) is 0 Å². The maximum atomic E-state index is 7.96. The number of aliphatic hydroxyl groups is 1. The van der Waals surface area contributed by atoms with Crippen LogP contribution in [-0.2, 0) is 0 Å². The quantitative estimate of drug-likeness (QED) is 0.290. The Hall–Kier alpha value is -0.188. The molecule has 0 aliphatic carbocycles. The highest BCUT2D eigenvalue weighted by atomic mass is 27.0. The van der Waals surface area contributed by atoms with E-state index in [1.54, 1.807) is 11.0 Å². The van der Waals surface area contributed by atoms with Gasteiger partial charge in [0.05, 0.1) is 6.26 Å². The van der Waals surface area contributed by atoms with Crippen molar-refractivity contribution in [1.29, 1.82) is 0 Å². The normalized spacial score (nSPS) is 11.3. The van der Waals surface area contributed by atoms with Crippen LogP contribution in [0.2, 0.25) is 0 Å². The van der Waals surface area contributed by atoms with Crippen molar-refractivity contribution in [2.24, 2.45) is 0 Å². The number of hydrogen-bond donors (Lipinski definition) is 1. The van der Waals surface area contributed by atoms with Gasteiger partial charge in [0.2, 0.25) is 0 Å². The van der Waals surface area contributed by atoms with Crippen LogP contribution in [0.15, 0.2) is 23.4 Å². The van der Waals surface area contributed by atoms with Crippen molar-refractivity contribution < 1.29 is 5.11 Å². The van der Waals surface area contributed by atoms with Gasteiger partial charge in [-0.15, -0.1) is 0 Å². The van der Waals surface area contributed by atoms with Crippen LogP contribution in [0.1, 0.15) is 0 Å². The second kappa shape index (κ2) is 4.81. The van der Waals surface area contributed by atoms with Gasteiger partial charge in [0.15, 0.2) is 16.3 Å².